The summed E-state index contributed by atoms with van der Waals surface area (Å²) in [5.41, 5.74) is 19.3. The minimum atomic E-state index is 0.0133. The number of hydrogen-bond donors (Lipinski definition) is 3. The molecule has 0 saturated carbocycles. The maximum absolute atomic E-state index is 6.26. The lowest BCUT2D eigenvalue weighted by molar-refractivity contribution is 0.311. The van der Waals surface area contributed by atoms with Crippen molar-refractivity contribution in [3.63, 3.8) is 0 Å². The Labute approximate surface area is 250 Å². The van der Waals surface area contributed by atoms with Gasteiger partial charge in [0.1, 0.15) is 11.5 Å². The molecule has 10 nitrogen and oxygen atoms in total. The predicted octanol–water partition coefficient (Wildman–Crippen LogP) is 5.45. The largest absolute Gasteiger partial charge is 0.383 e. The van der Waals surface area contributed by atoms with Gasteiger partial charge in [-0.25, -0.2) is 4.98 Å². The molecule has 0 atom stereocenters. The summed E-state index contributed by atoms with van der Waals surface area (Å²) in [6.07, 6.45) is 1.67. The summed E-state index contributed by atoms with van der Waals surface area (Å²) in [5.74, 6) is 1.16. The fourth-order valence-corrected chi connectivity index (χ4v) is 4.83. The van der Waals surface area contributed by atoms with Crippen molar-refractivity contribution < 1.29 is 0 Å². The topological polar surface area (TPSA) is 149 Å². The first kappa shape index (κ1) is 29.1. The Balaban J connectivity index is 0.000000193. The van der Waals surface area contributed by atoms with Crippen LogP contribution >= 0.6 is 58.0 Å². The Kier molecular flexibility index (Phi) is 9.37. The van der Waals surface area contributed by atoms with Crippen molar-refractivity contribution in [2.75, 3.05) is 55.3 Å². The van der Waals surface area contributed by atoms with E-state index in [2.05, 4.69) is 42.0 Å². The molecule has 1 aliphatic rings. The zero-order valence-corrected chi connectivity index (χ0v) is 24.3. The number of likely N-dealkylation sites (N-methyl/N-ethyl adjacent to an activating group) is 1. The standard InChI is InChI=1S/C15H16Cl3N5.C9H7Cl2N5/c1-22-2-4-23(5-3-22)15-20-8-11(14(19)21-15)10-6-9(16)7-12(17)13(10)18;10-5-3-1-2-4(6(5)11)7-8(12)14-9(13)16-15-7/h6-8H,2-5H2,1H3,(H2,19,20,21);1-3H,(H4,12,13,14,16). The first-order chi connectivity index (χ1) is 18.5. The second-order valence-corrected chi connectivity index (χ2v) is 10.5. The Morgan fingerprint density at radius 2 is 1.44 bits per heavy atom. The normalized spacial score (nSPS) is 13.6. The van der Waals surface area contributed by atoms with Crippen LogP contribution in [0.3, 0.4) is 0 Å². The lowest BCUT2D eigenvalue weighted by atomic mass is 10.1. The van der Waals surface area contributed by atoms with Gasteiger partial charge in [0.15, 0.2) is 5.82 Å². The number of hydrogen-bond acceptors (Lipinski definition) is 10. The summed E-state index contributed by atoms with van der Waals surface area (Å²) in [4.78, 5) is 17.0. The smallest absolute Gasteiger partial charge is 0.242 e. The molecule has 0 radical (unpaired) electrons. The minimum absolute atomic E-state index is 0.0133. The molecule has 1 fully saturated rings. The Morgan fingerprint density at radius 3 is 2.10 bits per heavy atom. The van der Waals surface area contributed by atoms with Gasteiger partial charge in [0.05, 0.1) is 20.1 Å². The number of nitrogens with zero attached hydrogens (tertiary/aromatic N) is 7. The molecule has 4 aromatic rings. The van der Waals surface area contributed by atoms with Crippen molar-refractivity contribution in [1.29, 1.82) is 0 Å². The van der Waals surface area contributed by atoms with E-state index >= 15 is 0 Å². The molecule has 6 N–H and O–H groups in total. The Hall–Kier alpha value is -2.86. The van der Waals surface area contributed by atoms with E-state index in [1.807, 2.05) is 0 Å². The third-order valence-corrected chi connectivity index (χ3v) is 7.65. The van der Waals surface area contributed by atoms with E-state index in [0.29, 0.717) is 59.3 Å². The van der Waals surface area contributed by atoms with Gasteiger partial charge in [-0.1, -0.05) is 70.1 Å². The average molecular weight is 629 g/mol. The molecule has 204 valence electrons. The van der Waals surface area contributed by atoms with Gasteiger partial charge in [0.25, 0.3) is 0 Å². The molecular weight excluding hydrogens is 606 g/mol. The fourth-order valence-electron chi connectivity index (χ4n) is 3.73. The van der Waals surface area contributed by atoms with Gasteiger partial charge in [-0.05, 0) is 25.2 Å². The van der Waals surface area contributed by atoms with Crippen LogP contribution in [-0.2, 0) is 0 Å². The lowest BCUT2D eigenvalue weighted by Crippen LogP contribution is -2.45. The molecule has 2 aromatic heterocycles. The monoisotopic (exact) mass is 626 g/mol. The number of aromatic nitrogens is 5. The van der Waals surface area contributed by atoms with Crippen molar-refractivity contribution in [2.45, 2.75) is 0 Å². The predicted molar refractivity (Wildman–Crippen MR) is 161 cm³/mol. The first-order valence-electron chi connectivity index (χ1n) is 11.5. The van der Waals surface area contributed by atoms with Gasteiger partial charge in [0, 0.05) is 54.1 Å². The zero-order valence-electron chi connectivity index (χ0n) is 20.5. The number of rotatable bonds is 3. The van der Waals surface area contributed by atoms with E-state index in [4.69, 9.17) is 75.2 Å². The van der Waals surface area contributed by atoms with E-state index in [9.17, 15) is 0 Å². The number of halogens is 5. The highest BCUT2D eigenvalue weighted by atomic mass is 35.5. The number of nitrogens with two attached hydrogens (primary N) is 3. The molecule has 1 aliphatic heterocycles. The molecule has 15 heteroatoms. The van der Waals surface area contributed by atoms with Gasteiger partial charge in [-0.15, -0.1) is 10.2 Å². The molecule has 0 unspecified atom stereocenters. The molecule has 1 saturated heterocycles. The van der Waals surface area contributed by atoms with Crippen LogP contribution in [0.2, 0.25) is 25.1 Å². The molecule has 0 bridgehead atoms. The van der Waals surface area contributed by atoms with Crippen LogP contribution in [0.1, 0.15) is 0 Å². The maximum atomic E-state index is 6.26. The van der Waals surface area contributed by atoms with Gasteiger partial charge in [0.2, 0.25) is 11.9 Å². The summed E-state index contributed by atoms with van der Waals surface area (Å²) in [6.45, 7) is 3.69. The summed E-state index contributed by atoms with van der Waals surface area (Å²) < 4.78 is 0. The van der Waals surface area contributed by atoms with Crippen LogP contribution in [0.5, 0.6) is 0 Å². The maximum Gasteiger partial charge on any atom is 0.242 e. The second kappa shape index (κ2) is 12.5. The minimum Gasteiger partial charge on any atom is -0.383 e. The summed E-state index contributed by atoms with van der Waals surface area (Å²) >= 11 is 30.3. The van der Waals surface area contributed by atoms with E-state index < -0.39 is 0 Å². The third-order valence-electron chi connectivity index (χ3n) is 5.81. The fraction of sp³-hybridized carbons (Fsp3) is 0.208. The van der Waals surface area contributed by atoms with E-state index in [-0.39, 0.29) is 11.8 Å². The van der Waals surface area contributed by atoms with Crippen LogP contribution in [0.15, 0.2) is 36.5 Å². The van der Waals surface area contributed by atoms with Gasteiger partial charge in [-0.3, -0.25) is 0 Å². The number of benzene rings is 2. The van der Waals surface area contributed by atoms with Crippen LogP contribution < -0.4 is 22.1 Å². The van der Waals surface area contributed by atoms with Gasteiger partial charge >= 0.3 is 0 Å². The summed E-state index contributed by atoms with van der Waals surface area (Å²) in [6, 6.07) is 8.43. The molecule has 39 heavy (non-hydrogen) atoms. The van der Waals surface area contributed by atoms with Crippen molar-refractivity contribution in [1.82, 2.24) is 30.0 Å². The van der Waals surface area contributed by atoms with E-state index in [1.165, 1.54) is 0 Å². The van der Waals surface area contributed by atoms with E-state index in [1.54, 1.807) is 36.5 Å². The molecule has 2 aromatic carbocycles. The van der Waals surface area contributed by atoms with Crippen molar-refractivity contribution in [3.8, 4) is 22.4 Å². The van der Waals surface area contributed by atoms with Crippen LogP contribution in [0, 0.1) is 0 Å². The molecule has 0 spiro atoms. The average Bonchev–Trinajstić information content (AvgIpc) is 2.89. The molecule has 0 amide bonds. The zero-order chi connectivity index (χ0) is 28.3. The summed E-state index contributed by atoms with van der Waals surface area (Å²) in [5, 5.41) is 9.48. The highest BCUT2D eigenvalue weighted by Gasteiger charge is 2.19. The molecule has 3 heterocycles. The highest BCUT2D eigenvalue weighted by molar-refractivity contribution is 6.45. The lowest BCUT2D eigenvalue weighted by Gasteiger charge is -2.32. The second-order valence-electron chi connectivity index (χ2n) is 8.51. The molecule has 5 rings (SSSR count). The Morgan fingerprint density at radius 1 is 0.744 bits per heavy atom. The van der Waals surface area contributed by atoms with Crippen LogP contribution in [-0.4, -0.2) is 63.3 Å². The summed E-state index contributed by atoms with van der Waals surface area (Å²) in [7, 11) is 2.10. The van der Waals surface area contributed by atoms with Crippen LogP contribution in [0.25, 0.3) is 22.4 Å². The van der Waals surface area contributed by atoms with Crippen molar-refractivity contribution in [3.05, 3.63) is 61.6 Å². The number of nitrogen functional groups attached to an aromatic ring is 3. The molecular formula is C24H23Cl5N10. The highest BCUT2D eigenvalue weighted by Crippen LogP contribution is 2.38. The third kappa shape index (κ3) is 6.84. The van der Waals surface area contributed by atoms with E-state index in [0.717, 1.165) is 26.2 Å². The van der Waals surface area contributed by atoms with Gasteiger partial charge in [-0.2, -0.15) is 9.97 Å². The molecule has 0 aliphatic carbocycles. The first-order valence-corrected chi connectivity index (χ1v) is 13.3. The quantitative estimate of drug-likeness (QED) is 0.250. The van der Waals surface area contributed by atoms with Crippen molar-refractivity contribution >= 4 is 81.5 Å². The Bertz CT molecular complexity index is 1490. The van der Waals surface area contributed by atoms with Gasteiger partial charge < -0.3 is 27.0 Å². The SMILES string of the molecule is CN1CCN(c2ncc(-c3cc(Cl)cc(Cl)c3Cl)c(N)n2)CC1.Nc1nnc(-c2cccc(Cl)c2Cl)c(N)n1. The number of piperazine rings is 1. The number of anilines is 4. The van der Waals surface area contributed by atoms with Crippen LogP contribution in [0.4, 0.5) is 23.5 Å². The van der Waals surface area contributed by atoms with Crippen molar-refractivity contribution in [2.24, 2.45) is 0 Å².